The van der Waals surface area contributed by atoms with Crippen LogP contribution in [0.25, 0.3) is 23.3 Å². The molecule has 2 saturated heterocycles. The van der Waals surface area contributed by atoms with Crippen molar-refractivity contribution in [1.29, 1.82) is 0 Å². The summed E-state index contributed by atoms with van der Waals surface area (Å²) in [5.41, 5.74) is 17.3. The van der Waals surface area contributed by atoms with Gasteiger partial charge in [-0.2, -0.15) is 0 Å². The van der Waals surface area contributed by atoms with Gasteiger partial charge in [-0.3, -0.25) is 14.8 Å². The van der Waals surface area contributed by atoms with Crippen molar-refractivity contribution in [3.8, 4) is 0 Å². The number of nitrogens with zero attached hydrogens (tertiary/aromatic N) is 4. The number of nitrogens with two attached hydrogens (primary N) is 1. The largest absolute Gasteiger partial charge is 0.356 e. The predicted molar refractivity (Wildman–Crippen MR) is 257 cm³/mol. The third-order valence-electron chi connectivity index (χ3n) is 12.9. The van der Waals surface area contributed by atoms with Crippen LogP contribution in [0.1, 0.15) is 116 Å². The van der Waals surface area contributed by atoms with Crippen LogP contribution < -0.4 is 11.1 Å². The molecule has 4 aliphatic rings. The van der Waals surface area contributed by atoms with Crippen molar-refractivity contribution < 1.29 is 23.1 Å². The van der Waals surface area contributed by atoms with Gasteiger partial charge >= 0.3 is 0 Å². The molecule has 11 nitrogen and oxygen atoms in total. The van der Waals surface area contributed by atoms with Crippen LogP contribution in [0.4, 0.5) is 0 Å². The molecule has 63 heavy (non-hydrogen) atoms. The van der Waals surface area contributed by atoms with Crippen LogP contribution in [0.15, 0.2) is 73.1 Å². The van der Waals surface area contributed by atoms with Crippen molar-refractivity contribution in [1.82, 2.24) is 23.9 Å². The van der Waals surface area contributed by atoms with Crippen LogP contribution in [0.5, 0.6) is 0 Å². The lowest BCUT2D eigenvalue weighted by atomic mass is 9.76. The molecule has 0 spiro atoms. The summed E-state index contributed by atoms with van der Waals surface area (Å²) in [5.74, 6) is 0.758. The number of nitrogens with one attached hydrogen (secondary N) is 1. The lowest BCUT2D eigenvalue weighted by molar-refractivity contribution is -0.118. The Kier molecular flexibility index (Phi) is 15.3. The summed E-state index contributed by atoms with van der Waals surface area (Å²) < 4.78 is 51.2. The van der Waals surface area contributed by atoms with Gasteiger partial charge in [0.1, 0.15) is 0 Å². The number of sulfonamides is 2. The maximum atomic E-state index is 12.0. The van der Waals surface area contributed by atoms with Crippen molar-refractivity contribution >= 4 is 72.5 Å². The zero-order valence-electron chi connectivity index (χ0n) is 36.3. The summed E-state index contributed by atoms with van der Waals surface area (Å²) in [6, 6.07) is 20.4. The number of hydrogen-bond acceptors (Lipinski definition) is 8. The summed E-state index contributed by atoms with van der Waals surface area (Å²) in [5, 5.41) is 4.28. The number of carbonyl (C=O) groups excluding carboxylic acids is 1. The Morgan fingerprint density at radius 1 is 0.714 bits per heavy atom. The minimum absolute atomic E-state index is 0. The minimum atomic E-state index is -3.18. The molecule has 2 unspecified atom stereocenters. The molecular weight excluding hydrogens is 876 g/mol. The normalized spacial score (nSPS) is 19.7. The predicted octanol–water partition coefficient (Wildman–Crippen LogP) is 8.69. The van der Waals surface area contributed by atoms with E-state index in [0.717, 1.165) is 79.4 Å². The molecule has 2 aromatic heterocycles. The average Bonchev–Trinajstić information content (AvgIpc) is 3.47. The van der Waals surface area contributed by atoms with E-state index in [9.17, 15) is 21.6 Å². The lowest BCUT2D eigenvalue weighted by Crippen LogP contribution is -2.39. The van der Waals surface area contributed by atoms with Crippen LogP contribution in [-0.2, 0) is 24.8 Å². The molecule has 4 heterocycles. The quantitative estimate of drug-likeness (QED) is 0.142. The second kappa shape index (κ2) is 20.5. The lowest BCUT2D eigenvalue weighted by Gasteiger charge is -2.35. The van der Waals surface area contributed by atoms with E-state index in [1.165, 1.54) is 47.3 Å². The molecule has 2 fully saturated rings. The van der Waals surface area contributed by atoms with Crippen LogP contribution in [0, 0.1) is 11.8 Å². The van der Waals surface area contributed by atoms with E-state index < -0.39 is 20.0 Å². The molecule has 338 valence electrons. The van der Waals surface area contributed by atoms with Gasteiger partial charge < -0.3 is 11.1 Å². The molecule has 8 rings (SSSR count). The molecule has 4 aromatic rings. The molecule has 2 aromatic carbocycles. The van der Waals surface area contributed by atoms with Crippen molar-refractivity contribution in [3.63, 3.8) is 0 Å². The van der Waals surface area contributed by atoms with E-state index in [0.29, 0.717) is 55.2 Å². The first-order valence-corrected chi connectivity index (χ1v) is 26.3. The number of carbonyl (C=O) groups is 1. The highest BCUT2D eigenvalue weighted by Gasteiger charge is 2.37. The fraction of sp³-hybridized carbons (Fsp3) is 0.438. The van der Waals surface area contributed by atoms with Gasteiger partial charge in [0, 0.05) is 75.3 Å². The fourth-order valence-electron chi connectivity index (χ4n) is 9.89. The number of aromatic nitrogens is 2. The fourth-order valence-corrected chi connectivity index (χ4v) is 12.0. The van der Waals surface area contributed by atoms with E-state index in [4.69, 9.17) is 38.9 Å². The second-order valence-corrected chi connectivity index (χ2v) is 22.0. The van der Waals surface area contributed by atoms with Gasteiger partial charge in [0.05, 0.1) is 23.9 Å². The zero-order chi connectivity index (χ0) is 44.9. The van der Waals surface area contributed by atoms with Gasteiger partial charge in [-0.15, -0.1) is 0 Å². The maximum absolute atomic E-state index is 12.0. The van der Waals surface area contributed by atoms with Crippen LogP contribution in [-0.4, -0.2) is 93.1 Å². The van der Waals surface area contributed by atoms with Crippen molar-refractivity contribution in [2.45, 2.75) is 70.1 Å². The highest BCUT2D eigenvalue weighted by atomic mass is 35.5. The Balaban J connectivity index is 0.000000210. The molecule has 3 N–H and O–H groups in total. The number of pyridine rings is 2. The minimum Gasteiger partial charge on any atom is -0.356 e. The van der Waals surface area contributed by atoms with Crippen molar-refractivity contribution in [2.75, 3.05) is 51.8 Å². The molecule has 2 aliphatic heterocycles. The zero-order valence-corrected chi connectivity index (χ0v) is 39.4. The molecule has 0 bridgehead atoms. The SMILES string of the molecule is CC(=O)NCCCC1=Cc2cc(Cl)ccc2C(C2CCN(S(C)(=O)=O)CC2)c2ncccc21.CS(=O)(=O)N1CCC(C2c3ccc(Cl)cc3C=C(CCCN)c3cccnc32)CC1.[HH]. The van der Waals surface area contributed by atoms with Gasteiger partial charge in [0.15, 0.2) is 0 Å². The molecule has 15 heteroatoms. The molecule has 0 radical (unpaired) electrons. The monoisotopic (exact) mass is 934 g/mol. The third kappa shape index (κ3) is 11.3. The number of hydrogen-bond donors (Lipinski definition) is 2. The van der Waals surface area contributed by atoms with E-state index in [2.05, 4.69) is 41.7 Å². The van der Waals surface area contributed by atoms with Gasteiger partial charge in [-0.05, 0) is 151 Å². The first kappa shape index (κ1) is 47.0. The van der Waals surface area contributed by atoms with E-state index >= 15 is 0 Å². The van der Waals surface area contributed by atoms with E-state index in [-0.39, 0.29) is 25.1 Å². The number of halogens is 2. The highest BCUT2D eigenvalue weighted by molar-refractivity contribution is 7.88. The number of amides is 1. The summed E-state index contributed by atoms with van der Waals surface area (Å²) >= 11 is 12.7. The number of piperidine rings is 2. The standard InChI is InChI=1S/C25H30ClN3O3S.C23H28ClN3O2S.H2/c1-17(30)27-11-3-5-19-15-20-16-21(26)7-8-22(20)24(25-23(19)6-4-12-28-25)18-9-13-29(14-10-18)33(2,31)32;1-30(28,29)27-12-8-16(9-13-27)22-20-7-6-19(24)15-18(20)14-17(4-2-10-25)21-5-3-11-26-23(21)22;/h4,6-8,12,15-16,18,24H,3,5,9-11,13-14H2,1-2H3,(H,27,30);3,5-7,11,14-16,22H,2,4,8-10,12-13,25H2,1H3;1H. The maximum Gasteiger partial charge on any atom is 0.216 e. The number of rotatable bonds is 11. The molecular formula is C48H60Cl2N6O5S2. The smallest absolute Gasteiger partial charge is 0.216 e. The molecule has 1 amide bonds. The Morgan fingerprint density at radius 2 is 1.14 bits per heavy atom. The van der Waals surface area contributed by atoms with E-state index in [1.807, 2.05) is 48.8 Å². The molecule has 2 atom stereocenters. The first-order valence-electron chi connectivity index (χ1n) is 21.9. The Labute approximate surface area is 384 Å². The van der Waals surface area contributed by atoms with Crippen LogP contribution in [0.3, 0.4) is 0 Å². The Hall–Kier alpha value is -3.95. The topological polar surface area (TPSA) is 156 Å². The summed E-state index contributed by atoms with van der Waals surface area (Å²) in [7, 11) is -6.34. The van der Waals surface area contributed by atoms with Gasteiger partial charge in [-0.25, -0.2) is 25.4 Å². The Morgan fingerprint density at radius 3 is 1.54 bits per heavy atom. The summed E-state index contributed by atoms with van der Waals surface area (Å²) in [6.45, 7) is 4.96. The van der Waals surface area contributed by atoms with E-state index in [1.54, 1.807) is 8.61 Å². The highest BCUT2D eigenvalue weighted by Crippen LogP contribution is 2.47. The Bertz CT molecular complexity index is 2590. The van der Waals surface area contributed by atoms with Gasteiger partial charge in [0.2, 0.25) is 26.0 Å². The van der Waals surface area contributed by atoms with Crippen LogP contribution in [0.2, 0.25) is 10.0 Å². The number of benzene rings is 2. The van der Waals surface area contributed by atoms with Gasteiger partial charge in [0.25, 0.3) is 0 Å². The van der Waals surface area contributed by atoms with Crippen molar-refractivity contribution in [2.24, 2.45) is 17.6 Å². The third-order valence-corrected chi connectivity index (χ3v) is 16.0. The molecule has 0 saturated carbocycles. The molecule has 2 aliphatic carbocycles. The first-order chi connectivity index (χ1) is 30.1. The number of allylic oxidation sites excluding steroid dienone is 2. The second-order valence-electron chi connectivity index (χ2n) is 17.2. The average molecular weight is 936 g/mol. The van der Waals surface area contributed by atoms with Gasteiger partial charge in [-0.1, -0.05) is 59.6 Å². The summed E-state index contributed by atoms with van der Waals surface area (Å²) in [6.07, 6.45) is 17.4. The van der Waals surface area contributed by atoms with Crippen molar-refractivity contribution in [3.05, 3.63) is 128 Å². The number of fused-ring (bicyclic) bond motifs is 4. The van der Waals surface area contributed by atoms with Crippen LogP contribution >= 0.6 is 23.2 Å². The summed E-state index contributed by atoms with van der Waals surface area (Å²) in [4.78, 5) is 21.0.